The zero-order valence-electron chi connectivity index (χ0n) is 14.3. The molecule has 0 atom stereocenters. The van der Waals surface area contributed by atoms with Crippen molar-refractivity contribution in [1.82, 2.24) is 10.3 Å². The van der Waals surface area contributed by atoms with Crippen LogP contribution in [-0.2, 0) is 12.7 Å². The molecular formula is C17H17F3N2O4. The molecule has 0 unspecified atom stereocenters. The maximum Gasteiger partial charge on any atom is 0.417 e. The summed E-state index contributed by atoms with van der Waals surface area (Å²) in [5.74, 6) is -0.289. The lowest BCUT2D eigenvalue weighted by atomic mass is 10.1. The first-order valence-electron chi connectivity index (χ1n) is 7.41. The monoisotopic (exact) mass is 370 g/mol. The summed E-state index contributed by atoms with van der Waals surface area (Å²) in [5.41, 5.74) is -1.23. The fourth-order valence-electron chi connectivity index (χ4n) is 2.33. The standard InChI is InChI=1S/C17H17F3N2O4/c1-24-13-5-4-6-14(25-2)11(13)9-22-16(23)10-8-21-15(26-3)7-12(10)17(18,19)20/h4-8H,9H2,1-3H3,(H,22,23). The van der Waals surface area contributed by atoms with Crippen molar-refractivity contribution in [2.75, 3.05) is 21.3 Å². The summed E-state index contributed by atoms with van der Waals surface area (Å²) >= 11 is 0. The number of benzene rings is 1. The Balaban J connectivity index is 2.30. The largest absolute Gasteiger partial charge is 0.496 e. The van der Waals surface area contributed by atoms with E-state index in [2.05, 4.69) is 10.3 Å². The van der Waals surface area contributed by atoms with Crippen LogP contribution in [0.4, 0.5) is 13.2 Å². The van der Waals surface area contributed by atoms with Gasteiger partial charge >= 0.3 is 6.18 Å². The van der Waals surface area contributed by atoms with E-state index >= 15 is 0 Å². The highest BCUT2D eigenvalue weighted by Crippen LogP contribution is 2.34. The second-order valence-corrected chi connectivity index (χ2v) is 5.09. The quantitative estimate of drug-likeness (QED) is 0.846. The number of alkyl halides is 3. The number of carbonyl (C=O) groups is 1. The minimum Gasteiger partial charge on any atom is -0.496 e. The summed E-state index contributed by atoms with van der Waals surface area (Å²) in [4.78, 5) is 16.0. The van der Waals surface area contributed by atoms with Gasteiger partial charge in [0.2, 0.25) is 5.88 Å². The van der Waals surface area contributed by atoms with Gasteiger partial charge in [0.25, 0.3) is 5.91 Å². The van der Waals surface area contributed by atoms with E-state index in [0.717, 1.165) is 6.20 Å². The summed E-state index contributed by atoms with van der Waals surface area (Å²) in [6, 6.07) is 5.68. The number of ether oxygens (including phenoxy) is 3. The van der Waals surface area contributed by atoms with Crippen molar-refractivity contribution in [3.8, 4) is 17.4 Å². The average Bonchev–Trinajstić information content (AvgIpc) is 2.64. The van der Waals surface area contributed by atoms with E-state index in [0.29, 0.717) is 23.1 Å². The highest BCUT2D eigenvalue weighted by molar-refractivity contribution is 5.95. The molecule has 1 aromatic heterocycles. The molecule has 1 aromatic carbocycles. The predicted molar refractivity (Wildman–Crippen MR) is 86.5 cm³/mol. The lowest BCUT2D eigenvalue weighted by molar-refractivity contribution is -0.138. The second-order valence-electron chi connectivity index (χ2n) is 5.09. The molecule has 0 aliphatic carbocycles. The number of hydrogen-bond acceptors (Lipinski definition) is 5. The summed E-state index contributed by atoms with van der Waals surface area (Å²) in [6.45, 7) is -0.0880. The molecule has 26 heavy (non-hydrogen) atoms. The van der Waals surface area contributed by atoms with Gasteiger partial charge in [0.05, 0.1) is 44.6 Å². The molecule has 0 spiro atoms. The van der Waals surface area contributed by atoms with E-state index in [-0.39, 0.29) is 12.4 Å². The maximum atomic E-state index is 13.2. The van der Waals surface area contributed by atoms with E-state index in [1.807, 2.05) is 0 Å². The summed E-state index contributed by atoms with van der Waals surface area (Å²) in [7, 11) is 4.07. The molecule has 0 aliphatic rings. The number of pyridine rings is 1. The van der Waals surface area contributed by atoms with Gasteiger partial charge in [-0.15, -0.1) is 0 Å². The zero-order chi connectivity index (χ0) is 19.3. The van der Waals surface area contributed by atoms with Crippen LogP contribution in [0.15, 0.2) is 30.5 Å². The lowest BCUT2D eigenvalue weighted by Gasteiger charge is -2.16. The molecule has 2 aromatic rings. The van der Waals surface area contributed by atoms with E-state index in [4.69, 9.17) is 14.2 Å². The molecule has 1 amide bonds. The number of nitrogens with one attached hydrogen (secondary N) is 1. The molecular weight excluding hydrogens is 353 g/mol. The summed E-state index contributed by atoms with van der Waals surface area (Å²) in [6.07, 6.45) is -3.90. The fourth-order valence-corrected chi connectivity index (χ4v) is 2.33. The van der Waals surface area contributed by atoms with Gasteiger partial charge in [-0.1, -0.05) is 6.07 Å². The van der Waals surface area contributed by atoms with Crippen molar-refractivity contribution in [3.05, 3.63) is 47.2 Å². The second kappa shape index (κ2) is 7.94. The smallest absolute Gasteiger partial charge is 0.417 e. The van der Waals surface area contributed by atoms with Gasteiger partial charge < -0.3 is 19.5 Å². The van der Waals surface area contributed by atoms with Gasteiger partial charge in [0, 0.05) is 12.3 Å². The number of halogens is 3. The van der Waals surface area contributed by atoms with Crippen LogP contribution in [0.5, 0.6) is 17.4 Å². The highest BCUT2D eigenvalue weighted by Gasteiger charge is 2.36. The Morgan fingerprint density at radius 1 is 1.12 bits per heavy atom. The van der Waals surface area contributed by atoms with Crippen LogP contribution in [0, 0.1) is 0 Å². The molecule has 0 fully saturated rings. The third kappa shape index (κ3) is 4.16. The Morgan fingerprint density at radius 3 is 2.23 bits per heavy atom. The Kier molecular flexibility index (Phi) is 5.91. The topological polar surface area (TPSA) is 69.7 Å². The van der Waals surface area contributed by atoms with Gasteiger partial charge in [0.1, 0.15) is 11.5 Å². The molecule has 0 saturated heterocycles. The van der Waals surface area contributed by atoms with Crippen molar-refractivity contribution >= 4 is 5.91 Å². The molecule has 140 valence electrons. The van der Waals surface area contributed by atoms with E-state index in [9.17, 15) is 18.0 Å². The highest BCUT2D eigenvalue weighted by atomic mass is 19.4. The lowest BCUT2D eigenvalue weighted by Crippen LogP contribution is -2.26. The maximum absolute atomic E-state index is 13.2. The molecule has 2 rings (SSSR count). The Labute approximate surface area is 147 Å². The predicted octanol–water partition coefficient (Wildman–Crippen LogP) is 3.06. The molecule has 6 nitrogen and oxygen atoms in total. The third-order valence-corrected chi connectivity index (χ3v) is 3.59. The van der Waals surface area contributed by atoms with Crippen molar-refractivity contribution in [2.45, 2.75) is 12.7 Å². The van der Waals surface area contributed by atoms with Gasteiger partial charge in [-0.05, 0) is 12.1 Å². The first-order valence-corrected chi connectivity index (χ1v) is 7.41. The third-order valence-electron chi connectivity index (χ3n) is 3.59. The van der Waals surface area contributed by atoms with Crippen molar-refractivity contribution in [3.63, 3.8) is 0 Å². The molecule has 0 radical (unpaired) electrons. The van der Waals surface area contributed by atoms with Crippen LogP contribution < -0.4 is 19.5 Å². The fraction of sp³-hybridized carbons (Fsp3) is 0.294. The van der Waals surface area contributed by atoms with E-state index in [1.165, 1.54) is 21.3 Å². The zero-order valence-corrected chi connectivity index (χ0v) is 14.3. The number of methoxy groups -OCH3 is 3. The van der Waals surface area contributed by atoms with Crippen LogP contribution in [0.1, 0.15) is 21.5 Å². The summed E-state index contributed by atoms with van der Waals surface area (Å²) < 4.78 is 54.8. The van der Waals surface area contributed by atoms with Crippen molar-refractivity contribution in [2.24, 2.45) is 0 Å². The van der Waals surface area contributed by atoms with Crippen LogP contribution in [-0.4, -0.2) is 32.2 Å². The molecule has 9 heteroatoms. The number of amides is 1. The molecule has 0 aliphatic heterocycles. The SMILES string of the molecule is COc1cc(C(F)(F)F)c(C(=O)NCc2c(OC)cccc2OC)cn1. The summed E-state index contributed by atoms with van der Waals surface area (Å²) in [5, 5.41) is 2.43. The number of aromatic nitrogens is 1. The number of nitrogens with zero attached hydrogens (tertiary/aromatic N) is 1. The van der Waals surface area contributed by atoms with Gasteiger partial charge in [0.15, 0.2) is 0 Å². The number of carbonyl (C=O) groups excluding carboxylic acids is 1. The number of rotatable bonds is 6. The Bertz CT molecular complexity index is 772. The van der Waals surface area contributed by atoms with Crippen LogP contribution in [0.3, 0.4) is 0 Å². The van der Waals surface area contributed by atoms with Crippen LogP contribution >= 0.6 is 0 Å². The van der Waals surface area contributed by atoms with Gasteiger partial charge in [-0.3, -0.25) is 4.79 Å². The first kappa shape index (κ1) is 19.4. The minimum atomic E-state index is -4.73. The molecule has 0 bridgehead atoms. The average molecular weight is 370 g/mol. The molecule has 1 N–H and O–H groups in total. The van der Waals surface area contributed by atoms with Crippen molar-refractivity contribution < 1.29 is 32.2 Å². The number of hydrogen-bond donors (Lipinski definition) is 1. The van der Waals surface area contributed by atoms with Gasteiger partial charge in [-0.2, -0.15) is 13.2 Å². The van der Waals surface area contributed by atoms with Gasteiger partial charge in [-0.25, -0.2) is 4.98 Å². The normalized spacial score (nSPS) is 11.0. The van der Waals surface area contributed by atoms with E-state index in [1.54, 1.807) is 18.2 Å². The molecule has 0 saturated carbocycles. The van der Waals surface area contributed by atoms with Crippen LogP contribution in [0.25, 0.3) is 0 Å². The van der Waals surface area contributed by atoms with E-state index < -0.39 is 23.2 Å². The Hall–Kier alpha value is -2.97. The minimum absolute atomic E-state index is 0.0880. The van der Waals surface area contributed by atoms with Crippen molar-refractivity contribution in [1.29, 1.82) is 0 Å². The Morgan fingerprint density at radius 2 is 1.73 bits per heavy atom. The molecule has 1 heterocycles. The first-order chi connectivity index (χ1) is 12.3. The van der Waals surface area contributed by atoms with Crippen LogP contribution in [0.2, 0.25) is 0 Å².